The first-order valence-corrected chi connectivity index (χ1v) is 4.01. The third kappa shape index (κ3) is 3.27. The molecule has 0 amide bonds. The summed E-state index contributed by atoms with van der Waals surface area (Å²) >= 11 is 0. The van der Waals surface area contributed by atoms with Crippen molar-refractivity contribution in [2.45, 2.75) is 26.4 Å². The third-order valence-corrected chi connectivity index (χ3v) is 1.43. The highest BCUT2D eigenvalue weighted by molar-refractivity contribution is 5.89. The maximum atomic E-state index is 12.0. The van der Waals surface area contributed by atoms with Gasteiger partial charge in [-0.05, 0) is 13.3 Å². The van der Waals surface area contributed by atoms with Crippen LogP contribution in [-0.4, -0.2) is 23.9 Å². The van der Waals surface area contributed by atoms with E-state index in [0.717, 1.165) is 0 Å². The summed E-state index contributed by atoms with van der Waals surface area (Å²) in [6.07, 6.45) is -5.14. The van der Waals surface area contributed by atoms with Crippen LogP contribution in [0.15, 0.2) is 11.3 Å². The molecule has 0 rings (SSSR count). The fraction of sp³-hybridized carbons (Fsp3) is 0.625. The molecule has 6 heteroatoms. The number of allylic oxidation sites excluding steroid dienone is 1. The van der Waals surface area contributed by atoms with Crippen molar-refractivity contribution in [2.75, 3.05) is 6.61 Å². The minimum absolute atomic E-state index is 0.0343. The summed E-state index contributed by atoms with van der Waals surface area (Å²) < 4.78 is 40.3. The maximum Gasteiger partial charge on any atom is 0.449 e. The summed E-state index contributed by atoms with van der Waals surface area (Å²) in [7, 11) is 0. The first-order valence-electron chi connectivity index (χ1n) is 4.01. The summed E-state index contributed by atoms with van der Waals surface area (Å²) in [6.45, 7) is 2.76. The van der Waals surface area contributed by atoms with Gasteiger partial charge in [-0.25, -0.2) is 4.79 Å². The molecule has 0 fully saturated rings. The molecule has 0 bridgehead atoms. The minimum Gasteiger partial charge on any atom is -0.504 e. The molecule has 0 aromatic rings. The van der Waals surface area contributed by atoms with Crippen molar-refractivity contribution in [3.8, 4) is 0 Å². The van der Waals surface area contributed by atoms with E-state index in [1.54, 1.807) is 0 Å². The van der Waals surface area contributed by atoms with Crippen LogP contribution in [0.4, 0.5) is 13.2 Å². The van der Waals surface area contributed by atoms with Crippen LogP contribution in [0.25, 0.3) is 0 Å². The van der Waals surface area contributed by atoms with Crippen LogP contribution >= 0.6 is 0 Å². The zero-order chi connectivity index (χ0) is 11.4. The van der Waals surface area contributed by atoms with Crippen molar-refractivity contribution in [2.24, 2.45) is 0 Å². The van der Waals surface area contributed by atoms with Crippen molar-refractivity contribution in [3.05, 3.63) is 11.3 Å². The number of aliphatic hydroxyl groups is 1. The van der Waals surface area contributed by atoms with Gasteiger partial charge in [0.1, 0.15) is 0 Å². The first kappa shape index (κ1) is 12.8. The molecule has 0 heterocycles. The molecule has 0 radical (unpaired) electrons. The highest BCUT2D eigenvalue weighted by atomic mass is 19.4. The molecule has 82 valence electrons. The Balaban J connectivity index is 4.94. The normalized spacial score (nSPS) is 13.5. The largest absolute Gasteiger partial charge is 0.504 e. The number of esters is 1. The number of hydrogen-bond donors (Lipinski definition) is 1. The highest BCUT2D eigenvalue weighted by Gasteiger charge is 2.38. The number of halogens is 3. The van der Waals surface area contributed by atoms with E-state index in [-0.39, 0.29) is 13.0 Å². The number of carbonyl (C=O) groups excluding carboxylic acids is 1. The van der Waals surface area contributed by atoms with Crippen LogP contribution in [0.3, 0.4) is 0 Å². The summed E-state index contributed by atoms with van der Waals surface area (Å²) in [4.78, 5) is 10.9. The highest BCUT2D eigenvalue weighted by Crippen LogP contribution is 2.27. The van der Waals surface area contributed by atoms with Gasteiger partial charge in [-0.1, -0.05) is 6.92 Å². The van der Waals surface area contributed by atoms with E-state index >= 15 is 0 Å². The second-order valence-electron chi connectivity index (χ2n) is 2.40. The van der Waals surface area contributed by atoms with Gasteiger partial charge in [0.05, 0.1) is 12.2 Å². The van der Waals surface area contributed by atoms with E-state index in [2.05, 4.69) is 4.74 Å². The number of rotatable bonds is 3. The Labute approximate surface area is 79.2 Å². The fourth-order valence-electron chi connectivity index (χ4n) is 0.798. The summed E-state index contributed by atoms with van der Waals surface area (Å²) in [5, 5.41) is 8.70. The first-order chi connectivity index (χ1) is 6.34. The number of ether oxygens (including phenoxy) is 1. The van der Waals surface area contributed by atoms with E-state index in [0.29, 0.717) is 0 Å². The Morgan fingerprint density at radius 1 is 1.36 bits per heavy atom. The number of carbonyl (C=O) groups is 1. The van der Waals surface area contributed by atoms with E-state index in [1.807, 2.05) is 0 Å². The van der Waals surface area contributed by atoms with Gasteiger partial charge in [0, 0.05) is 0 Å². The predicted molar refractivity (Wildman–Crippen MR) is 42.6 cm³/mol. The second kappa shape index (κ2) is 4.88. The van der Waals surface area contributed by atoms with Gasteiger partial charge < -0.3 is 9.84 Å². The van der Waals surface area contributed by atoms with Crippen LogP contribution in [0.1, 0.15) is 20.3 Å². The average molecular weight is 212 g/mol. The lowest BCUT2D eigenvalue weighted by Crippen LogP contribution is -2.19. The minimum atomic E-state index is -4.90. The third-order valence-electron chi connectivity index (χ3n) is 1.43. The molecule has 0 aliphatic carbocycles. The van der Waals surface area contributed by atoms with Crippen LogP contribution in [0.5, 0.6) is 0 Å². The summed E-state index contributed by atoms with van der Waals surface area (Å²) in [6, 6.07) is 0. The smallest absolute Gasteiger partial charge is 0.449 e. The Bertz CT molecular complexity index is 243. The quantitative estimate of drug-likeness (QED) is 0.443. The van der Waals surface area contributed by atoms with Crippen LogP contribution < -0.4 is 0 Å². The molecule has 0 aromatic heterocycles. The van der Waals surface area contributed by atoms with Crippen LogP contribution in [0, 0.1) is 0 Å². The van der Waals surface area contributed by atoms with Gasteiger partial charge >= 0.3 is 12.1 Å². The zero-order valence-corrected chi connectivity index (χ0v) is 7.81. The molecule has 14 heavy (non-hydrogen) atoms. The molecule has 3 nitrogen and oxygen atoms in total. The van der Waals surface area contributed by atoms with Gasteiger partial charge in [0.15, 0.2) is 0 Å². The van der Waals surface area contributed by atoms with E-state index in [4.69, 9.17) is 5.11 Å². The van der Waals surface area contributed by atoms with E-state index in [1.165, 1.54) is 13.8 Å². The van der Waals surface area contributed by atoms with Gasteiger partial charge in [0.25, 0.3) is 0 Å². The molecule has 0 aromatic carbocycles. The lowest BCUT2D eigenvalue weighted by atomic mass is 10.1. The second-order valence-corrected chi connectivity index (χ2v) is 2.40. The zero-order valence-electron chi connectivity index (χ0n) is 7.81. The molecule has 0 saturated carbocycles. The van der Waals surface area contributed by atoms with Crippen molar-refractivity contribution in [1.82, 2.24) is 0 Å². The van der Waals surface area contributed by atoms with Gasteiger partial charge in [-0.3, -0.25) is 0 Å². The molecule has 0 unspecified atom stereocenters. The van der Waals surface area contributed by atoms with Crippen molar-refractivity contribution in [1.29, 1.82) is 0 Å². The van der Waals surface area contributed by atoms with Crippen molar-refractivity contribution >= 4 is 5.97 Å². The number of aliphatic hydroxyl groups excluding tert-OH is 1. The molecular weight excluding hydrogens is 201 g/mol. The number of hydrogen-bond acceptors (Lipinski definition) is 3. The molecule has 0 saturated heterocycles. The SMILES string of the molecule is CCOC(=O)/C(CC)=C(/O)C(F)(F)F. The molecular formula is C8H11F3O3. The molecule has 0 aliphatic rings. The molecule has 0 atom stereocenters. The fourth-order valence-corrected chi connectivity index (χ4v) is 0.798. The standard InChI is InChI=1S/C8H11F3O3/c1-3-5(7(13)14-4-2)6(12)8(9,10)11/h12H,3-4H2,1-2H3/b6-5+. The Hall–Kier alpha value is -1.20. The Morgan fingerprint density at radius 2 is 1.86 bits per heavy atom. The molecule has 0 aliphatic heterocycles. The van der Waals surface area contributed by atoms with E-state index < -0.39 is 23.5 Å². The van der Waals surface area contributed by atoms with Crippen molar-refractivity contribution in [3.63, 3.8) is 0 Å². The summed E-state index contributed by atoms with van der Waals surface area (Å²) in [5.41, 5.74) is -0.751. The average Bonchev–Trinajstić information content (AvgIpc) is 2.04. The Morgan fingerprint density at radius 3 is 2.14 bits per heavy atom. The topological polar surface area (TPSA) is 46.5 Å². The molecule has 0 spiro atoms. The van der Waals surface area contributed by atoms with Crippen LogP contribution in [-0.2, 0) is 9.53 Å². The van der Waals surface area contributed by atoms with Crippen LogP contribution in [0.2, 0.25) is 0 Å². The predicted octanol–water partition coefficient (Wildman–Crippen LogP) is 2.33. The monoisotopic (exact) mass is 212 g/mol. The van der Waals surface area contributed by atoms with E-state index in [9.17, 15) is 18.0 Å². The van der Waals surface area contributed by atoms with Gasteiger partial charge in [-0.2, -0.15) is 13.2 Å². The van der Waals surface area contributed by atoms with Crippen molar-refractivity contribution < 1.29 is 27.8 Å². The van der Waals surface area contributed by atoms with Gasteiger partial charge in [0.2, 0.25) is 5.76 Å². The summed E-state index contributed by atoms with van der Waals surface area (Å²) in [5.74, 6) is -3.01. The molecule has 1 N–H and O–H groups in total. The number of alkyl halides is 3. The van der Waals surface area contributed by atoms with Gasteiger partial charge in [-0.15, -0.1) is 0 Å². The lowest BCUT2D eigenvalue weighted by Gasteiger charge is -2.10. The Kier molecular flexibility index (Phi) is 4.46. The maximum absolute atomic E-state index is 12.0. The lowest BCUT2D eigenvalue weighted by molar-refractivity contribution is -0.143.